The summed E-state index contributed by atoms with van der Waals surface area (Å²) in [4.78, 5) is 34.4. The van der Waals surface area contributed by atoms with Crippen LogP contribution in [0.1, 0.15) is 89.6 Å². The topological polar surface area (TPSA) is 93.7 Å². The van der Waals surface area contributed by atoms with Crippen LogP contribution < -0.4 is 20.1 Å². The lowest BCUT2D eigenvalue weighted by molar-refractivity contribution is -0.125. The second kappa shape index (κ2) is 12.3. The summed E-state index contributed by atoms with van der Waals surface area (Å²) in [6.07, 6.45) is 6.71. The molecule has 0 radical (unpaired) electrons. The smallest absolute Gasteiger partial charge is 0.322 e. The predicted molar refractivity (Wildman–Crippen MR) is 144 cm³/mol. The lowest BCUT2D eigenvalue weighted by Gasteiger charge is -2.34. The highest BCUT2D eigenvalue weighted by Gasteiger charge is 2.48. The van der Waals surface area contributed by atoms with Gasteiger partial charge < -0.3 is 14.8 Å². The number of rotatable bonds is 6. The van der Waals surface area contributed by atoms with Crippen LogP contribution in [0.2, 0.25) is 0 Å². The van der Waals surface area contributed by atoms with E-state index in [1.165, 1.54) is 11.1 Å². The Morgan fingerprint density at radius 3 is 1.62 bits per heavy atom. The normalized spacial score (nSPS) is 23.6. The van der Waals surface area contributed by atoms with Crippen LogP contribution in [0.3, 0.4) is 0 Å². The SMILES string of the molecule is CCOc1ccc(C2CCC(=O)CC2)cc1.CCOc1ccc(C2CCC3(CC2)NC(=O)NC3=O)cc1.[2HH]. The Balaban J connectivity index is 0.000000213. The molecule has 2 aromatic rings. The monoisotopic (exact) mass is 509 g/mol. The van der Waals surface area contributed by atoms with Crippen molar-refractivity contribution >= 4 is 17.7 Å². The standard InChI is InChI=1S/C16H20N2O3.C14H18O2.H2/c1-2-21-13-5-3-11(4-6-13)12-7-9-16(10-8-12)14(19)17-15(20)18-16;1-2-16-14-9-5-12(6-10-14)11-3-7-13(15)8-4-11;/h3-6,12H,2,7-10H2,1H3,(H2,17,18,19,20);5-6,9-11H,2-4,7-8H2,1H3;1H/i;;1+1. The van der Waals surface area contributed by atoms with Gasteiger partial charge in [-0.15, -0.1) is 0 Å². The molecule has 0 unspecified atom stereocenters. The third kappa shape index (κ3) is 6.70. The molecule has 0 atom stereocenters. The number of urea groups is 1. The number of hydrogen-bond acceptors (Lipinski definition) is 5. The zero-order valence-corrected chi connectivity index (χ0v) is 21.9. The largest absolute Gasteiger partial charge is 0.494 e. The van der Waals surface area contributed by atoms with Gasteiger partial charge in [-0.3, -0.25) is 14.9 Å². The molecule has 2 aliphatic carbocycles. The summed E-state index contributed by atoms with van der Waals surface area (Å²) in [5, 5.41) is 5.15. The van der Waals surface area contributed by atoms with Crippen molar-refractivity contribution in [2.24, 2.45) is 0 Å². The van der Waals surface area contributed by atoms with Crippen molar-refractivity contribution in [2.75, 3.05) is 13.2 Å². The first kappa shape index (κ1) is 26.7. The zero-order chi connectivity index (χ0) is 26.3. The molecular formula is C30H40N2O5. The lowest BCUT2D eigenvalue weighted by Crippen LogP contribution is -2.49. The number of benzene rings is 2. The van der Waals surface area contributed by atoms with Gasteiger partial charge in [0.1, 0.15) is 22.8 Å². The van der Waals surface area contributed by atoms with E-state index in [2.05, 4.69) is 34.9 Å². The van der Waals surface area contributed by atoms with Gasteiger partial charge in [0.15, 0.2) is 0 Å². The van der Waals surface area contributed by atoms with Crippen LogP contribution in [-0.2, 0) is 9.59 Å². The van der Waals surface area contributed by atoms with E-state index in [4.69, 9.17) is 9.47 Å². The maximum absolute atomic E-state index is 11.9. The van der Waals surface area contributed by atoms with Crippen LogP contribution in [0.15, 0.2) is 48.5 Å². The van der Waals surface area contributed by atoms with Gasteiger partial charge in [-0.1, -0.05) is 24.3 Å². The van der Waals surface area contributed by atoms with Gasteiger partial charge in [0.2, 0.25) is 0 Å². The van der Waals surface area contributed by atoms with Gasteiger partial charge in [0.05, 0.1) is 13.2 Å². The number of imide groups is 1. The molecule has 7 nitrogen and oxygen atoms in total. The van der Waals surface area contributed by atoms with Crippen LogP contribution in [-0.4, -0.2) is 36.5 Å². The van der Waals surface area contributed by atoms with E-state index in [1.54, 1.807) is 0 Å². The van der Waals surface area contributed by atoms with E-state index in [9.17, 15) is 14.4 Å². The first-order valence-electron chi connectivity index (χ1n) is 13.5. The van der Waals surface area contributed by atoms with Crippen LogP contribution in [0, 0.1) is 0 Å². The zero-order valence-electron chi connectivity index (χ0n) is 21.9. The molecule has 200 valence electrons. The van der Waals surface area contributed by atoms with E-state index in [-0.39, 0.29) is 13.4 Å². The number of carbonyl (C=O) groups excluding carboxylic acids is 3. The van der Waals surface area contributed by atoms with Gasteiger partial charge >= 0.3 is 6.03 Å². The first-order chi connectivity index (χ1) is 17.9. The Bertz CT molecular complexity index is 1070. The molecule has 0 bridgehead atoms. The summed E-state index contributed by atoms with van der Waals surface area (Å²) < 4.78 is 10.9. The first-order valence-corrected chi connectivity index (χ1v) is 13.5. The molecule has 2 aromatic carbocycles. The minimum Gasteiger partial charge on any atom is -0.494 e. The molecule has 7 heteroatoms. The van der Waals surface area contributed by atoms with E-state index < -0.39 is 5.54 Å². The molecule has 3 amide bonds. The van der Waals surface area contributed by atoms with Gasteiger partial charge in [-0.25, -0.2) is 4.79 Å². The van der Waals surface area contributed by atoms with Crippen molar-refractivity contribution in [1.82, 2.24) is 10.6 Å². The van der Waals surface area contributed by atoms with Crippen molar-refractivity contribution in [1.29, 1.82) is 0 Å². The van der Waals surface area contributed by atoms with Gasteiger partial charge in [-0.2, -0.15) is 0 Å². The Labute approximate surface area is 220 Å². The van der Waals surface area contributed by atoms with Crippen LogP contribution in [0.5, 0.6) is 11.5 Å². The number of Topliss-reactive ketones (excluding diaryl/α,β-unsaturated/α-hetero) is 1. The maximum Gasteiger partial charge on any atom is 0.322 e. The molecule has 3 fully saturated rings. The van der Waals surface area contributed by atoms with Crippen LogP contribution in [0.4, 0.5) is 4.79 Å². The summed E-state index contributed by atoms with van der Waals surface area (Å²) in [5.74, 6) is 3.07. The summed E-state index contributed by atoms with van der Waals surface area (Å²) in [5.41, 5.74) is 1.95. The van der Waals surface area contributed by atoms with E-state index in [0.717, 1.165) is 50.0 Å². The van der Waals surface area contributed by atoms with Crippen molar-refractivity contribution in [2.45, 2.75) is 82.6 Å². The number of ether oxygens (including phenoxy) is 2. The third-order valence-electron chi connectivity index (χ3n) is 7.72. The summed E-state index contributed by atoms with van der Waals surface area (Å²) in [7, 11) is 0. The Hall–Kier alpha value is -3.35. The number of ketones is 1. The summed E-state index contributed by atoms with van der Waals surface area (Å²) in [6.45, 7) is 5.33. The highest BCUT2D eigenvalue weighted by atomic mass is 16.5. The third-order valence-corrected chi connectivity index (χ3v) is 7.72. The minimum absolute atomic E-state index is 0. The Kier molecular flexibility index (Phi) is 8.85. The number of hydrogen-bond donors (Lipinski definition) is 2. The molecule has 1 saturated heterocycles. The van der Waals surface area contributed by atoms with Crippen LogP contribution >= 0.6 is 0 Å². The molecule has 1 aliphatic heterocycles. The number of nitrogens with one attached hydrogen (secondary N) is 2. The highest BCUT2D eigenvalue weighted by molar-refractivity contribution is 6.07. The average Bonchev–Trinajstić information content (AvgIpc) is 3.18. The molecule has 0 aromatic heterocycles. The molecule has 2 N–H and O–H groups in total. The summed E-state index contributed by atoms with van der Waals surface area (Å²) in [6, 6.07) is 16.1. The second-order valence-corrected chi connectivity index (χ2v) is 10.1. The molecule has 3 aliphatic rings. The molecular weight excluding hydrogens is 468 g/mol. The fourth-order valence-corrected chi connectivity index (χ4v) is 5.60. The van der Waals surface area contributed by atoms with Crippen LogP contribution in [0.25, 0.3) is 0 Å². The van der Waals surface area contributed by atoms with Gasteiger partial charge in [0.25, 0.3) is 5.91 Å². The van der Waals surface area contributed by atoms with Crippen molar-refractivity contribution in [3.8, 4) is 11.5 Å². The molecule has 1 spiro atoms. The van der Waals surface area contributed by atoms with E-state index >= 15 is 0 Å². The number of amides is 3. The molecule has 1 heterocycles. The quantitative estimate of drug-likeness (QED) is 0.475. The summed E-state index contributed by atoms with van der Waals surface area (Å²) >= 11 is 0. The van der Waals surface area contributed by atoms with E-state index in [0.29, 0.717) is 43.7 Å². The van der Waals surface area contributed by atoms with Crippen molar-refractivity contribution in [3.63, 3.8) is 0 Å². The number of carbonyl (C=O) groups is 3. The average molecular weight is 510 g/mol. The fraction of sp³-hybridized carbons (Fsp3) is 0.500. The predicted octanol–water partition coefficient (Wildman–Crippen LogP) is 5.88. The Morgan fingerprint density at radius 1 is 0.757 bits per heavy atom. The lowest BCUT2D eigenvalue weighted by atomic mass is 9.74. The van der Waals surface area contributed by atoms with Gasteiger partial charge in [0, 0.05) is 14.3 Å². The van der Waals surface area contributed by atoms with Crippen molar-refractivity contribution < 1.29 is 25.3 Å². The molecule has 2 saturated carbocycles. The molecule has 37 heavy (non-hydrogen) atoms. The highest BCUT2D eigenvalue weighted by Crippen LogP contribution is 2.39. The van der Waals surface area contributed by atoms with E-state index in [1.807, 2.05) is 38.1 Å². The minimum atomic E-state index is -0.668. The second-order valence-electron chi connectivity index (χ2n) is 10.1. The van der Waals surface area contributed by atoms with Crippen molar-refractivity contribution in [3.05, 3.63) is 59.7 Å². The fourth-order valence-electron chi connectivity index (χ4n) is 5.60. The Morgan fingerprint density at radius 2 is 1.22 bits per heavy atom. The maximum atomic E-state index is 11.9. The molecule has 5 rings (SSSR count). The van der Waals surface area contributed by atoms with Gasteiger partial charge in [-0.05, 0) is 99.6 Å².